The predicted molar refractivity (Wildman–Crippen MR) is 79.6 cm³/mol. The topological polar surface area (TPSA) is 12.0 Å². The molecule has 92 valence electrons. The Morgan fingerprint density at radius 1 is 1.17 bits per heavy atom. The van der Waals surface area contributed by atoms with E-state index >= 15 is 0 Å². The van der Waals surface area contributed by atoms with E-state index in [1.807, 2.05) is 0 Å². The minimum atomic E-state index is 0.680. The predicted octanol–water partition coefficient (Wildman–Crippen LogP) is 4.16. The Balaban J connectivity index is 1.63. The second-order valence-electron chi connectivity index (χ2n) is 4.71. The molecule has 0 heterocycles. The minimum absolute atomic E-state index is 0.680. The van der Waals surface area contributed by atoms with Crippen LogP contribution in [-0.4, -0.2) is 12.8 Å². The van der Waals surface area contributed by atoms with Gasteiger partial charge in [0.15, 0.2) is 0 Å². The number of anilines is 1. The molecule has 2 heteroatoms. The number of benzene rings is 2. The van der Waals surface area contributed by atoms with Gasteiger partial charge in [-0.1, -0.05) is 30.3 Å². The van der Waals surface area contributed by atoms with Crippen molar-refractivity contribution in [2.75, 3.05) is 18.1 Å². The lowest BCUT2D eigenvalue weighted by atomic mass is 9.77. The highest BCUT2D eigenvalue weighted by Gasteiger charge is 2.24. The van der Waals surface area contributed by atoms with Crippen LogP contribution in [-0.2, 0) is 6.42 Å². The fourth-order valence-electron chi connectivity index (χ4n) is 2.52. The molecule has 18 heavy (non-hydrogen) atoms. The quantitative estimate of drug-likeness (QED) is 0.823. The molecule has 1 aliphatic rings. The van der Waals surface area contributed by atoms with Crippen LogP contribution < -0.4 is 5.32 Å². The third kappa shape index (κ3) is 2.25. The number of hydrogen-bond donors (Lipinski definition) is 1. The molecule has 2 aromatic carbocycles. The molecule has 3 rings (SSSR count). The van der Waals surface area contributed by atoms with Crippen molar-refractivity contribution >= 4 is 17.4 Å². The highest BCUT2D eigenvalue weighted by molar-refractivity contribution is 7.98. The summed E-state index contributed by atoms with van der Waals surface area (Å²) in [6, 6.07) is 17.4. The van der Waals surface area contributed by atoms with Gasteiger partial charge in [0.25, 0.3) is 0 Å². The van der Waals surface area contributed by atoms with Crippen molar-refractivity contribution in [1.29, 1.82) is 0 Å². The summed E-state index contributed by atoms with van der Waals surface area (Å²) >= 11 is 1.79. The van der Waals surface area contributed by atoms with Crippen molar-refractivity contribution in [3.05, 3.63) is 59.7 Å². The summed E-state index contributed by atoms with van der Waals surface area (Å²) in [5.41, 5.74) is 4.26. The summed E-state index contributed by atoms with van der Waals surface area (Å²) in [6.07, 6.45) is 3.33. The first-order chi connectivity index (χ1) is 8.86. The average Bonchev–Trinajstić information content (AvgIpc) is 2.40. The molecule has 0 fully saturated rings. The number of hydrogen-bond acceptors (Lipinski definition) is 2. The molecule has 1 N–H and O–H groups in total. The molecule has 0 radical (unpaired) electrons. The summed E-state index contributed by atoms with van der Waals surface area (Å²) in [5, 5.41) is 3.55. The first-order valence-corrected chi connectivity index (χ1v) is 7.55. The summed E-state index contributed by atoms with van der Waals surface area (Å²) in [4.78, 5) is 1.31. The molecule has 0 aliphatic heterocycles. The van der Waals surface area contributed by atoms with Crippen molar-refractivity contribution in [2.45, 2.75) is 17.2 Å². The van der Waals surface area contributed by atoms with E-state index in [4.69, 9.17) is 0 Å². The van der Waals surface area contributed by atoms with Crippen molar-refractivity contribution in [3.8, 4) is 0 Å². The van der Waals surface area contributed by atoms with Gasteiger partial charge in [-0.2, -0.15) is 0 Å². The van der Waals surface area contributed by atoms with Crippen LogP contribution in [0.3, 0.4) is 0 Å². The van der Waals surface area contributed by atoms with E-state index < -0.39 is 0 Å². The van der Waals surface area contributed by atoms with Gasteiger partial charge in [0.05, 0.1) is 0 Å². The maximum Gasteiger partial charge on any atom is 0.0351 e. The van der Waals surface area contributed by atoms with Crippen LogP contribution in [0.15, 0.2) is 53.4 Å². The van der Waals surface area contributed by atoms with E-state index in [1.165, 1.54) is 28.1 Å². The van der Waals surface area contributed by atoms with E-state index in [1.54, 1.807) is 11.8 Å². The molecule has 0 amide bonds. The molecule has 2 aromatic rings. The molecule has 1 aliphatic carbocycles. The Morgan fingerprint density at radius 2 is 2.06 bits per heavy atom. The van der Waals surface area contributed by atoms with Crippen molar-refractivity contribution < 1.29 is 0 Å². The van der Waals surface area contributed by atoms with Gasteiger partial charge in [-0.05, 0) is 42.0 Å². The Hall–Kier alpha value is -1.41. The van der Waals surface area contributed by atoms with Gasteiger partial charge in [-0.25, -0.2) is 0 Å². The van der Waals surface area contributed by atoms with E-state index in [9.17, 15) is 0 Å². The summed E-state index contributed by atoms with van der Waals surface area (Å²) in [5.74, 6) is 0.680. The molecule has 0 aromatic heterocycles. The Labute approximate surface area is 113 Å². The smallest absolute Gasteiger partial charge is 0.0351 e. The van der Waals surface area contributed by atoms with Gasteiger partial charge in [0, 0.05) is 23.0 Å². The second-order valence-corrected chi connectivity index (χ2v) is 5.59. The standard InChI is InChI=1S/C16H17NS/c1-18-15-7-4-6-14(10-15)17-11-13-9-12-5-2-3-8-16(12)13/h2-8,10,13,17H,9,11H2,1H3. The van der Waals surface area contributed by atoms with Crippen molar-refractivity contribution in [1.82, 2.24) is 0 Å². The number of thioether (sulfide) groups is 1. The van der Waals surface area contributed by atoms with Crippen LogP contribution in [0.2, 0.25) is 0 Å². The molecule has 1 unspecified atom stereocenters. The maximum absolute atomic E-state index is 3.55. The lowest BCUT2D eigenvalue weighted by Gasteiger charge is -2.30. The van der Waals surface area contributed by atoms with E-state index in [-0.39, 0.29) is 0 Å². The first-order valence-electron chi connectivity index (χ1n) is 6.32. The normalized spacial score (nSPS) is 16.8. The van der Waals surface area contributed by atoms with Crippen LogP contribution in [0.4, 0.5) is 5.69 Å². The lowest BCUT2D eigenvalue weighted by molar-refractivity contribution is 0.636. The van der Waals surface area contributed by atoms with E-state index in [0.717, 1.165) is 6.54 Å². The molecular formula is C16H17NS. The zero-order chi connectivity index (χ0) is 12.4. The molecule has 1 nitrogen and oxygen atoms in total. The van der Waals surface area contributed by atoms with Gasteiger partial charge in [0.2, 0.25) is 0 Å². The third-order valence-corrected chi connectivity index (χ3v) is 4.31. The molecule has 0 spiro atoms. The first kappa shape index (κ1) is 11.7. The van der Waals surface area contributed by atoms with Crippen LogP contribution in [0.25, 0.3) is 0 Å². The summed E-state index contributed by atoms with van der Waals surface area (Å²) < 4.78 is 0. The van der Waals surface area contributed by atoms with Gasteiger partial charge in [-0.15, -0.1) is 11.8 Å². The van der Waals surface area contributed by atoms with E-state index in [0.29, 0.717) is 5.92 Å². The molecule has 0 saturated heterocycles. The fourth-order valence-corrected chi connectivity index (χ4v) is 2.98. The highest BCUT2D eigenvalue weighted by Crippen LogP contribution is 2.34. The van der Waals surface area contributed by atoms with Crippen LogP contribution in [0, 0.1) is 0 Å². The average molecular weight is 255 g/mol. The number of rotatable bonds is 4. The van der Waals surface area contributed by atoms with Crippen LogP contribution in [0.5, 0.6) is 0 Å². The highest BCUT2D eigenvalue weighted by atomic mass is 32.2. The Kier molecular flexibility index (Phi) is 3.28. The van der Waals surface area contributed by atoms with Gasteiger partial charge < -0.3 is 5.32 Å². The lowest BCUT2D eigenvalue weighted by Crippen LogP contribution is -2.24. The second kappa shape index (κ2) is 5.07. The van der Waals surface area contributed by atoms with Crippen molar-refractivity contribution in [3.63, 3.8) is 0 Å². The van der Waals surface area contributed by atoms with Crippen molar-refractivity contribution in [2.24, 2.45) is 0 Å². The van der Waals surface area contributed by atoms with E-state index in [2.05, 4.69) is 60.1 Å². The molecule has 0 bridgehead atoms. The molecule has 1 atom stereocenters. The van der Waals surface area contributed by atoms with Gasteiger partial charge in [0.1, 0.15) is 0 Å². The number of fused-ring (bicyclic) bond motifs is 1. The van der Waals surface area contributed by atoms with Gasteiger partial charge in [-0.3, -0.25) is 0 Å². The largest absolute Gasteiger partial charge is 0.384 e. The maximum atomic E-state index is 3.55. The molecule has 0 saturated carbocycles. The Bertz CT molecular complexity index is 550. The monoisotopic (exact) mass is 255 g/mol. The van der Waals surface area contributed by atoms with Gasteiger partial charge >= 0.3 is 0 Å². The Morgan fingerprint density at radius 3 is 2.89 bits per heavy atom. The molecular weight excluding hydrogens is 238 g/mol. The van der Waals surface area contributed by atoms with Crippen LogP contribution in [0.1, 0.15) is 17.0 Å². The fraction of sp³-hybridized carbons (Fsp3) is 0.250. The zero-order valence-electron chi connectivity index (χ0n) is 10.5. The SMILES string of the molecule is CSc1cccc(NCC2Cc3ccccc32)c1. The zero-order valence-corrected chi connectivity index (χ0v) is 11.3. The third-order valence-electron chi connectivity index (χ3n) is 3.58. The minimum Gasteiger partial charge on any atom is -0.384 e. The summed E-state index contributed by atoms with van der Waals surface area (Å²) in [6.45, 7) is 1.04. The van der Waals surface area contributed by atoms with Crippen LogP contribution >= 0.6 is 11.8 Å². The number of nitrogens with one attached hydrogen (secondary N) is 1. The summed E-state index contributed by atoms with van der Waals surface area (Å²) in [7, 11) is 0.